The molecule has 1 N–H and O–H groups in total. The maximum atomic E-state index is 10.2. The number of rotatable bonds is 5. The average molecular weight is 364 g/mol. The molecule has 0 amide bonds. The Kier molecular flexibility index (Phi) is 4.15. The minimum absolute atomic E-state index is 0.0191. The first-order valence-corrected chi connectivity index (χ1v) is 7.77. The SMILES string of the molecule is COc1cc(-n2nc3ccccc3n2)c(O)cc1OCCBr. The Labute approximate surface area is 135 Å². The van der Waals surface area contributed by atoms with E-state index in [0.717, 1.165) is 11.0 Å². The standard InChI is InChI=1S/C15H14BrN3O3/c1-21-14-8-12(13(20)9-15(14)22-7-6-16)19-17-10-4-2-3-5-11(10)18-19/h2-5,8-9,20H,6-7H2,1H3. The smallest absolute Gasteiger partial charge is 0.165 e. The van der Waals surface area contributed by atoms with Crippen LogP contribution in [0.4, 0.5) is 0 Å². The van der Waals surface area contributed by atoms with Gasteiger partial charge < -0.3 is 14.6 Å². The van der Waals surface area contributed by atoms with E-state index in [9.17, 15) is 5.11 Å². The van der Waals surface area contributed by atoms with Crippen LogP contribution in [0.25, 0.3) is 16.7 Å². The molecule has 22 heavy (non-hydrogen) atoms. The topological polar surface area (TPSA) is 69.4 Å². The molecule has 0 bridgehead atoms. The van der Waals surface area contributed by atoms with Crippen LogP contribution in [-0.2, 0) is 0 Å². The number of benzene rings is 2. The number of fused-ring (bicyclic) bond motifs is 1. The first-order chi connectivity index (χ1) is 10.7. The molecule has 3 aromatic rings. The Morgan fingerprint density at radius 1 is 1.14 bits per heavy atom. The zero-order valence-corrected chi connectivity index (χ0v) is 13.4. The summed E-state index contributed by atoms with van der Waals surface area (Å²) in [6.07, 6.45) is 0. The average Bonchev–Trinajstić information content (AvgIpc) is 2.96. The van der Waals surface area contributed by atoms with Gasteiger partial charge in [0.05, 0.1) is 13.7 Å². The third-order valence-corrected chi connectivity index (χ3v) is 3.42. The van der Waals surface area contributed by atoms with Crippen molar-refractivity contribution < 1.29 is 14.6 Å². The van der Waals surface area contributed by atoms with Crippen molar-refractivity contribution in [3.8, 4) is 22.9 Å². The van der Waals surface area contributed by atoms with Gasteiger partial charge in [0.1, 0.15) is 22.5 Å². The second kappa shape index (κ2) is 6.23. The summed E-state index contributed by atoms with van der Waals surface area (Å²) in [5.41, 5.74) is 1.93. The number of aromatic hydroxyl groups is 1. The molecule has 0 saturated heterocycles. The number of hydrogen-bond acceptors (Lipinski definition) is 5. The number of ether oxygens (including phenoxy) is 2. The molecule has 0 saturated carbocycles. The minimum Gasteiger partial charge on any atom is -0.505 e. The van der Waals surface area contributed by atoms with Crippen LogP contribution in [0, 0.1) is 0 Å². The molecular weight excluding hydrogens is 350 g/mol. The minimum atomic E-state index is 0.0191. The van der Waals surface area contributed by atoms with E-state index in [4.69, 9.17) is 9.47 Å². The Morgan fingerprint density at radius 3 is 2.41 bits per heavy atom. The summed E-state index contributed by atoms with van der Waals surface area (Å²) in [5, 5.41) is 19.6. The van der Waals surface area contributed by atoms with E-state index in [1.54, 1.807) is 13.2 Å². The van der Waals surface area contributed by atoms with Crippen molar-refractivity contribution in [3.63, 3.8) is 0 Å². The lowest BCUT2D eigenvalue weighted by Crippen LogP contribution is -2.03. The predicted molar refractivity (Wildman–Crippen MR) is 86.4 cm³/mol. The van der Waals surface area contributed by atoms with Gasteiger partial charge in [-0.3, -0.25) is 0 Å². The highest BCUT2D eigenvalue weighted by Gasteiger charge is 2.15. The fourth-order valence-electron chi connectivity index (χ4n) is 2.09. The van der Waals surface area contributed by atoms with Gasteiger partial charge in [0.2, 0.25) is 0 Å². The number of hydrogen-bond donors (Lipinski definition) is 1. The Morgan fingerprint density at radius 2 is 1.82 bits per heavy atom. The van der Waals surface area contributed by atoms with Crippen LogP contribution in [0.5, 0.6) is 17.2 Å². The Hall–Kier alpha value is -2.28. The van der Waals surface area contributed by atoms with Crippen LogP contribution in [-0.4, -0.2) is 39.1 Å². The molecular formula is C15H14BrN3O3. The number of alkyl halides is 1. The largest absolute Gasteiger partial charge is 0.505 e. The molecule has 0 atom stereocenters. The van der Waals surface area contributed by atoms with Gasteiger partial charge in [-0.1, -0.05) is 28.1 Å². The molecule has 114 valence electrons. The van der Waals surface area contributed by atoms with Crippen molar-refractivity contribution >= 4 is 27.0 Å². The second-order valence-electron chi connectivity index (χ2n) is 4.51. The molecule has 2 aromatic carbocycles. The van der Waals surface area contributed by atoms with E-state index in [2.05, 4.69) is 26.1 Å². The number of phenolic OH excluding ortho intramolecular Hbond substituents is 1. The Bertz CT molecular complexity index is 771. The van der Waals surface area contributed by atoms with Crippen molar-refractivity contribution in [1.29, 1.82) is 0 Å². The maximum Gasteiger partial charge on any atom is 0.165 e. The molecule has 6 nitrogen and oxygen atoms in total. The van der Waals surface area contributed by atoms with Gasteiger partial charge in [-0.15, -0.1) is 15.0 Å². The lowest BCUT2D eigenvalue weighted by Gasteiger charge is -2.12. The molecule has 1 aromatic heterocycles. The summed E-state index contributed by atoms with van der Waals surface area (Å²) in [7, 11) is 1.55. The quantitative estimate of drug-likeness (QED) is 0.705. The zero-order chi connectivity index (χ0) is 15.5. The molecule has 3 rings (SSSR count). The molecule has 0 fully saturated rings. The lowest BCUT2D eigenvalue weighted by atomic mass is 10.2. The van der Waals surface area contributed by atoms with Crippen LogP contribution in [0.15, 0.2) is 36.4 Å². The number of nitrogens with zero attached hydrogens (tertiary/aromatic N) is 3. The van der Waals surface area contributed by atoms with Crippen LogP contribution in [0.3, 0.4) is 0 Å². The summed E-state index contributed by atoms with van der Waals surface area (Å²) in [5.74, 6) is 1.00. The normalized spacial score (nSPS) is 10.8. The van der Waals surface area contributed by atoms with E-state index in [0.29, 0.717) is 29.1 Å². The van der Waals surface area contributed by atoms with Gasteiger partial charge in [-0.05, 0) is 12.1 Å². The number of methoxy groups -OCH3 is 1. The molecule has 0 aliphatic carbocycles. The fourth-order valence-corrected chi connectivity index (χ4v) is 2.25. The van der Waals surface area contributed by atoms with E-state index < -0.39 is 0 Å². The van der Waals surface area contributed by atoms with Crippen molar-refractivity contribution in [1.82, 2.24) is 15.0 Å². The first-order valence-electron chi connectivity index (χ1n) is 6.65. The van der Waals surface area contributed by atoms with E-state index in [1.165, 1.54) is 10.9 Å². The Balaban J connectivity index is 2.06. The number of halogens is 1. The van der Waals surface area contributed by atoms with Crippen molar-refractivity contribution in [2.45, 2.75) is 0 Å². The third-order valence-electron chi connectivity index (χ3n) is 3.10. The molecule has 7 heteroatoms. The van der Waals surface area contributed by atoms with E-state index >= 15 is 0 Å². The molecule has 0 radical (unpaired) electrons. The van der Waals surface area contributed by atoms with Crippen LogP contribution < -0.4 is 9.47 Å². The van der Waals surface area contributed by atoms with Gasteiger partial charge in [-0.2, -0.15) is 0 Å². The highest BCUT2D eigenvalue weighted by molar-refractivity contribution is 9.09. The van der Waals surface area contributed by atoms with Crippen molar-refractivity contribution in [2.24, 2.45) is 0 Å². The van der Waals surface area contributed by atoms with Gasteiger partial charge in [0.15, 0.2) is 11.5 Å². The molecule has 1 heterocycles. The van der Waals surface area contributed by atoms with Gasteiger partial charge in [0.25, 0.3) is 0 Å². The number of phenols is 1. The van der Waals surface area contributed by atoms with Crippen molar-refractivity contribution in [2.75, 3.05) is 19.0 Å². The molecule has 0 spiro atoms. The number of aromatic nitrogens is 3. The fraction of sp³-hybridized carbons (Fsp3) is 0.200. The predicted octanol–water partition coefficient (Wildman–Crippen LogP) is 2.91. The summed E-state index contributed by atoms with van der Waals surface area (Å²) < 4.78 is 10.8. The molecule has 0 aliphatic rings. The highest BCUT2D eigenvalue weighted by atomic mass is 79.9. The zero-order valence-electron chi connectivity index (χ0n) is 11.9. The second-order valence-corrected chi connectivity index (χ2v) is 5.30. The lowest BCUT2D eigenvalue weighted by molar-refractivity contribution is 0.311. The van der Waals surface area contributed by atoms with Crippen LogP contribution in [0.2, 0.25) is 0 Å². The van der Waals surface area contributed by atoms with Crippen LogP contribution in [0.1, 0.15) is 0 Å². The highest BCUT2D eigenvalue weighted by Crippen LogP contribution is 2.36. The maximum absolute atomic E-state index is 10.2. The van der Waals surface area contributed by atoms with Crippen LogP contribution >= 0.6 is 15.9 Å². The molecule has 0 unspecified atom stereocenters. The third kappa shape index (κ3) is 2.71. The van der Waals surface area contributed by atoms with E-state index in [-0.39, 0.29) is 5.75 Å². The monoisotopic (exact) mass is 363 g/mol. The summed E-state index contributed by atoms with van der Waals surface area (Å²) >= 11 is 3.29. The summed E-state index contributed by atoms with van der Waals surface area (Å²) in [4.78, 5) is 1.39. The van der Waals surface area contributed by atoms with Gasteiger partial charge in [0, 0.05) is 17.5 Å². The molecule has 0 aliphatic heterocycles. The van der Waals surface area contributed by atoms with E-state index in [1.807, 2.05) is 24.3 Å². The summed E-state index contributed by atoms with van der Waals surface area (Å²) in [6, 6.07) is 10.7. The van der Waals surface area contributed by atoms with Gasteiger partial charge in [-0.25, -0.2) is 0 Å². The summed E-state index contributed by atoms with van der Waals surface area (Å²) in [6.45, 7) is 0.471. The van der Waals surface area contributed by atoms with Gasteiger partial charge >= 0.3 is 0 Å². The first kappa shape index (κ1) is 14.6. The van der Waals surface area contributed by atoms with Crippen molar-refractivity contribution in [3.05, 3.63) is 36.4 Å².